The van der Waals surface area contributed by atoms with E-state index in [-0.39, 0.29) is 24.0 Å². The van der Waals surface area contributed by atoms with Gasteiger partial charge in [0.2, 0.25) is 11.2 Å². The average Bonchev–Trinajstić information content (AvgIpc) is 2.39. The second-order valence-corrected chi connectivity index (χ2v) is 5.83. The minimum Gasteiger partial charge on any atom is -0.339 e. The van der Waals surface area contributed by atoms with Crippen molar-refractivity contribution in [2.24, 2.45) is 0 Å². The molecule has 0 aromatic carbocycles. The van der Waals surface area contributed by atoms with Gasteiger partial charge in [-0.3, -0.25) is 4.79 Å². The molecule has 8 heteroatoms. The van der Waals surface area contributed by atoms with Crippen molar-refractivity contribution in [3.05, 3.63) is 11.5 Å². The summed E-state index contributed by atoms with van der Waals surface area (Å²) in [7, 11) is 1.63. The molecule has 1 aromatic rings. The molecule has 0 spiro atoms. The highest BCUT2D eigenvalue weighted by atomic mass is 35.5. The van der Waals surface area contributed by atoms with Crippen LogP contribution in [0.25, 0.3) is 0 Å². The van der Waals surface area contributed by atoms with E-state index in [0.717, 1.165) is 0 Å². The van der Waals surface area contributed by atoms with Crippen LogP contribution in [-0.2, 0) is 4.79 Å². The first-order valence-corrected chi connectivity index (χ1v) is 7.18. The van der Waals surface area contributed by atoms with Crippen molar-refractivity contribution in [3.8, 4) is 0 Å². The minimum absolute atomic E-state index is 0.0439. The molecule has 1 atom stereocenters. The topological polar surface area (TPSA) is 49.3 Å². The van der Waals surface area contributed by atoms with E-state index in [9.17, 15) is 13.6 Å². The highest BCUT2D eigenvalue weighted by molar-refractivity contribution is 6.28. The average molecular weight is 317 g/mol. The third-order valence-corrected chi connectivity index (χ3v) is 4.31. The van der Waals surface area contributed by atoms with Crippen LogP contribution in [0, 0.1) is 0 Å². The third-order valence-electron chi connectivity index (χ3n) is 4.13. The number of carbonyl (C=O) groups excluding carboxylic acids is 1. The molecule has 0 radical (unpaired) electrons. The summed E-state index contributed by atoms with van der Waals surface area (Å²) in [4.78, 5) is 23.6. The second-order valence-electron chi connectivity index (χ2n) is 5.49. The van der Waals surface area contributed by atoms with E-state index in [1.54, 1.807) is 11.9 Å². The fraction of sp³-hybridized carbons (Fsp3) is 0.615. The largest absolute Gasteiger partial charge is 0.339 e. The first-order valence-electron chi connectivity index (χ1n) is 6.80. The van der Waals surface area contributed by atoms with E-state index >= 15 is 0 Å². The van der Waals surface area contributed by atoms with Crippen LogP contribution in [0.4, 0.5) is 20.3 Å². The molecule has 0 bridgehead atoms. The van der Waals surface area contributed by atoms with E-state index in [2.05, 4.69) is 9.97 Å². The lowest BCUT2D eigenvalue weighted by atomic mass is 9.85. The molecule has 0 unspecified atom stereocenters. The molecular weight excluding hydrogens is 302 g/mol. The SMILES string of the molecule is CC[C@@H]1C(=O)N(C)c2cnc(Cl)nc2N1C1CC(F)(F)C1. The van der Waals surface area contributed by atoms with Crippen LogP contribution in [0.1, 0.15) is 26.2 Å². The molecule has 3 rings (SSSR count). The molecule has 0 saturated heterocycles. The summed E-state index contributed by atoms with van der Waals surface area (Å²) in [6.45, 7) is 1.86. The summed E-state index contributed by atoms with van der Waals surface area (Å²) in [5, 5.41) is 0.0439. The third kappa shape index (κ3) is 2.23. The lowest BCUT2D eigenvalue weighted by molar-refractivity contribution is -0.122. The highest BCUT2D eigenvalue weighted by Crippen LogP contribution is 2.46. The molecule has 1 aromatic heterocycles. The lowest BCUT2D eigenvalue weighted by Gasteiger charge is -2.49. The Morgan fingerprint density at radius 1 is 1.48 bits per heavy atom. The fourth-order valence-electron chi connectivity index (χ4n) is 3.01. The number of nitrogens with zero attached hydrogens (tertiary/aromatic N) is 4. The molecule has 1 fully saturated rings. The van der Waals surface area contributed by atoms with E-state index in [4.69, 9.17) is 11.6 Å². The zero-order valence-electron chi connectivity index (χ0n) is 11.7. The van der Waals surface area contributed by atoms with Crippen LogP contribution in [0.3, 0.4) is 0 Å². The number of halogens is 3. The Bertz CT molecular complexity index is 590. The van der Waals surface area contributed by atoms with E-state index in [1.165, 1.54) is 11.1 Å². The molecule has 1 aliphatic carbocycles. The maximum Gasteiger partial charge on any atom is 0.252 e. The van der Waals surface area contributed by atoms with Gasteiger partial charge in [0.05, 0.1) is 6.20 Å². The first kappa shape index (κ1) is 14.4. The molecule has 1 aliphatic heterocycles. The number of likely N-dealkylation sites (N-methyl/N-ethyl adjacent to an activating group) is 1. The van der Waals surface area contributed by atoms with Crippen LogP contribution >= 0.6 is 11.6 Å². The van der Waals surface area contributed by atoms with Crippen LogP contribution in [0.5, 0.6) is 0 Å². The predicted octanol–water partition coefficient (Wildman–Crippen LogP) is 2.49. The number of fused-ring (bicyclic) bond motifs is 1. The number of anilines is 2. The van der Waals surface area contributed by atoms with Crippen molar-refractivity contribution >= 4 is 29.0 Å². The lowest BCUT2D eigenvalue weighted by Crippen LogP contribution is -2.61. The van der Waals surface area contributed by atoms with E-state index in [0.29, 0.717) is 17.9 Å². The Kier molecular flexibility index (Phi) is 3.27. The van der Waals surface area contributed by atoms with E-state index in [1.807, 2.05) is 6.92 Å². The van der Waals surface area contributed by atoms with Crippen molar-refractivity contribution in [2.75, 3.05) is 16.8 Å². The van der Waals surface area contributed by atoms with Gasteiger partial charge in [-0.25, -0.2) is 13.8 Å². The molecule has 1 amide bonds. The van der Waals surface area contributed by atoms with Gasteiger partial charge in [-0.15, -0.1) is 0 Å². The highest BCUT2D eigenvalue weighted by Gasteiger charge is 2.52. The number of hydrogen-bond donors (Lipinski definition) is 0. The maximum atomic E-state index is 13.2. The van der Waals surface area contributed by atoms with Gasteiger partial charge < -0.3 is 9.80 Å². The van der Waals surface area contributed by atoms with Gasteiger partial charge in [-0.05, 0) is 18.0 Å². The summed E-state index contributed by atoms with van der Waals surface area (Å²) in [6, 6.07) is -0.887. The Morgan fingerprint density at radius 3 is 2.71 bits per heavy atom. The molecule has 2 heterocycles. The van der Waals surface area contributed by atoms with Gasteiger partial charge in [-0.2, -0.15) is 4.98 Å². The monoisotopic (exact) mass is 316 g/mol. The van der Waals surface area contributed by atoms with Crippen LogP contribution in [0.15, 0.2) is 6.20 Å². The molecule has 5 nitrogen and oxygen atoms in total. The Morgan fingerprint density at radius 2 is 2.14 bits per heavy atom. The maximum absolute atomic E-state index is 13.2. The number of alkyl halides is 2. The summed E-state index contributed by atoms with van der Waals surface area (Å²) >= 11 is 5.84. The van der Waals surface area contributed by atoms with Crippen molar-refractivity contribution in [3.63, 3.8) is 0 Å². The zero-order chi connectivity index (χ0) is 15.4. The van der Waals surface area contributed by atoms with Crippen molar-refractivity contribution in [1.82, 2.24) is 9.97 Å². The van der Waals surface area contributed by atoms with Gasteiger partial charge >= 0.3 is 0 Å². The second kappa shape index (κ2) is 4.76. The number of carbonyl (C=O) groups is 1. The van der Waals surface area contributed by atoms with Crippen molar-refractivity contribution in [2.45, 2.75) is 44.2 Å². The molecule has 21 heavy (non-hydrogen) atoms. The quantitative estimate of drug-likeness (QED) is 0.787. The zero-order valence-corrected chi connectivity index (χ0v) is 12.4. The molecule has 114 valence electrons. The van der Waals surface area contributed by atoms with Crippen molar-refractivity contribution < 1.29 is 13.6 Å². The normalized spacial score (nSPS) is 24.8. The number of rotatable bonds is 2. The smallest absolute Gasteiger partial charge is 0.252 e. The Balaban J connectivity index is 2.05. The standard InChI is InChI=1S/C13H15ClF2N4O/c1-3-8-11(21)19(2)9-6-17-12(14)18-10(9)20(8)7-4-13(15,16)5-7/h6-8H,3-5H2,1-2H3/t8-/m1/s1. The number of hydrogen-bond acceptors (Lipinski definition) is 4. The number of amides is 1. The fourth-order valence-corrected chi connectivity index (χ4v) is 3.14. The summed E-state index contributed by atoms with van der Waals surface area (Å²) in [6.07, 6.45) is 1.45. The van der Waals surface area contributed by atoms with Crippen molar-refractivity contribution in [1.29, 1.82) is 0 Å². The predicted molar refractivity (Wildman–Crippen MR) is 75.0 cm³/mol. The molecule has 0 N–H and O–H groups in total. The Hall–Kier alpha value is -1.50. The van der Waals surface area contributed by atoms with Crippen LogP contribution < -0.4 is 9.80 Å². The van der Waals surface area contributed by atoms with Crippen LogP contribution in [0.2, 0.25) is 5.28 Å². The molecule has 2 aliphatic rings. The van der Waals surface area contributed by atoms with Gasteiger partial charge in [0.1, 0.15) is 11.7 Å². The van der Waals surface area contributed by atoms with Crippen LogP contribution in [-0.4, -0.2) is 40.9 Å². The summed E-state index contributed by atoms with van der Waals surface area (Å²) < 4.78 is 26.4. The first-order chi connectivity index (χ1) is 9.84. The van der Waals surface area contributed by atoms with Gasteiger partial charge in [-0.1, -0.05) is 6.92 Å². The molecule has 1 saturated carbocycles. The summed E-state index contributed by atoms with van der Waals surface area (Å²) in [5.41, 5.74) is 0.504. The summed E-state index contributed by atoms with van der Waals surface area (Å²) in [5.74, 6) is -2.33. The van der Waals surface area contributed by atoms with Gasteiger partial charge in [0, 0.05) is 25.9 Å². The molecular formula is C13H15ClF2N4O. The van der Waals surface area contributed by atoms with E-state index < -0.39 is 18.0 Å². The Labute approximate surface area is 125 Å². The van der Waals surface area contributed by atoms with Gasteiger partial charge in [0.25, 0.3) is 5.92 Å². The minimum atomic E-state index is -2.66. The van der Waals surface area contributed by atoms with Gasteiger partial charge in [0.15, 0.2) is 5.82 Å². The number of aromatic nitrogens is 2.